The van der Waals surface area contributed by atoms with E-state index in [1.807, 2.05) is 25.3 Å². The van der Waals surface area contributed by atoms with Crippen LogP contribution in [0.25, 0.3) is 0 Å². The summed E-state index contributed by atoms with van der Waals surface area (Å²) < 4.78 is 28.4. The number of amides is 1. The van der Waals surface area contributed by atoms with Gasteiger partial charge in [0.15, 0.2) is 0 Å². The second-order valence-corrected chi connectivity index (χ2v) is 14.9. The zero-order valence-corrected chi connectivity index (χ0v) is 26.1. The van der Waals surface area contributed by atoms with E-state index in [9.17, 15) is 9.35 Å². The molecule has 6 nitrogen and oxygen atoms in total. The standard InChI is InChI=1S/C33H43ClN2O4S/c1-21-13-22(2)18-41(38)35-32(37)24-7-11-30-29(16-24)36(17-25-6-9-27(25)31(14-21)39-3)19-33(20-40-30)12-4-5-23-15-26(34)8-10-28(23)33/h7-8,10-11,15-16,21-22,25,27,31H,4-6,9,12-14,17-20H2,1-3H3,(H,35,37)/t21?,22-,25-,27+,31-,33-,41?/m0/s1. The van der Waals surface area contributed by atoms with Gasteiger partial charge in [-0.15, -0.1) is 0 Å². The number of hydrogen-bond donors (Lipinski definition) is 1. The summed E-state index contributed by atoms with van der Waals surface area (Å²) in [4.78, 5) is 15.8. The van der Waals surface area contributed by atoms with E-state index < -0.39 is 11.4 Å². The summed E-state index contributed by atoms with van der Waals surface area (Å²) in [6, 6.07) is 12.0. The molecular weight excluding hydrogens is 556 g/mol. The summed E-state index contributed by atoms with van der Waals surface area (Å²) in [5.74, 6) is 2.68. The minimum Gasteiger partial charge on any atom is -0.593 e. The highest BCUT2D eigenvalue weighted by Crippen LogP contribution is 2.47. The molecule has 2 aromatic rings. The maximum Gasteiger partial charge on any atom is 0.292 e. The van der Waals surface area contributed by atoms with Crippen LogP contribution >= 0.6 is 11.6 Å². The second-order valence-electron chi connectivity index (χ2n) is 13.2. The SMILES string of the molecule is CO[C@H]1CC(C)C[C@H](C)C[S+]([O-])NC(=O)c2ccc3c(c2)N(C[C@@H]2CC[C@H]21)C[C@@]1(CCCc2cc(Cl)ccc21)CO3. The molecule has 1 N–H and O–H groups in total. The molecule has 41 heavy (non-hydrogen) atoms. The Morgan fingerprint density at radius 1 is 1.15 bits per heavy atom. The number of aryl methyl sites for hydroxylation is 1. The van der Waals surface area contributed by atoms with E-state index in [0.717, 1.165) is 61.7 Å². The molecule has 1 fully saturated rings. The van der Waals surface area contributed by atoms with Crippen LogP contribution in [0.15, 0.2) is 36.4 Å². The molecule has 1 amide bonds. The molecule has 2 aliphatic heterocycles. The van der Waals surface area contributed by atoms with Crippen LogP contribution in [0.5, 0.6) is 5.75 Å². The summed E-state index contributed by atoms with van der Waals surface area (Å²) in [6.45, 7) is 6.71. The Morgan fingerprint density at radius 3 is 2.78 bits per heavy atom. The number of carbonyl (C=O) groups excluding carboxylic acids is 1. The third-order valence-electron chi connectivity index (χ3n) is 10.1. The van der Waals surface area contributed by atoms with Crippen molar-refractivity contribution in [3.8, 4) is 5.75 Å². The smallest absolute Gasteiger partial charge is 0.292 e. The molecule has 2 bridgehead atoms. The number of methoxy groups -OCH3 is 1. The summed E-state index contributed by atoms with van der Waals surface area (Å²) >= 11 is 4.98. The first kappa shape index (κ1) is 29.2. The van der Waals surface area contributed by atoms with E-state index in [2.05, 4.69) is 35.6 Å². The van der Waals surface area contributed by atoms with Crippen molar-refractivity contribution in [3.63, 3.8) is 0 Å². The third kappa shape index (κ3) is 5.97. The van der Waals surface area contributed by atoms with Gasteiger partial charge in [0, 0.05) is 42.1 Å². The molecule has 7 atom stereocenters. The van der Waals surface area contributed by atoms with Gasteiger partial charge in [-0.1, -0.05) is 31.5 Å². The first-order valence-corrected chi connectivity index (χ1v) is 17.0. The van der Waals surface area contributed by atoms with Crippen LogP contribution in [0.4, 0.5) is 5.69 Å². The number of ether oxygens (including phenoxy) is 2. The summed E-state index contributed by atoms with van der Waals surface area (Å²) in [7, 11) is 1.86. The Bertz CT molecular complexity index is 1280. The van der Waals surface area contributed by atoms with Gasteiger partial charge >= 0.3 is 0 Å². The number of hydrogen-bond acceptors (Lipinski definition) is 5. The quantitative estimate of drug-likeness (QED) is 0.389. The van der Waals surface area contributed by atoms with Crippen LogP contribution in [-0.4, -0.2) is 49.1 Å². The van der Waals surface area contributed by atoms with Crippen LogP contribution in [0.1, 0.15) is 73.9 Å². The second kappa shape index (κ2) is 12.0. The molecule has 2 aromatic carbocycles. The van der Waals surface area contributed by atoms with E-state index in [0.29, 0.717) is 35.7 Å². The van der Waals surface area contributed by atoms with Crippen molar-refractivity contribution in [1.82, 2.24) is 4.72 Å². The molecule has 2 heterocycles. The van der Waals surface area contributed by atoms with Gasteiger partial charge in [0.2, 0.25) is 0 Å². The largest absolute Gasteiger partial charge is 0.593 e. The maximum atomic E-state index is 13.3. The molecule has 2 unspecified atom stereocenters. The lowest BCUT2D eigenvalue weighted by atomic mass is 9.67. The zero-order valence-electron chi connectivity index (χ0n) is 24.5. The third-order valence-corrected chi connectivity index (χ3v) is 11.6. The summed E-state index contributed by atoms with van der Waals surface area (Å²) in [5, 5.41) is 0.781. The molecule has 6 rings (SSSR count). The number of fused-ring (bicyclic) bond motifs is 4. The number of halogens is 1. The minimum absolute atomic E-state index is 0.160. The molecule has 2 aliphatic carbocycles. The lowest BCUT2D eigenvalue weighted by Crippen LogP contribution is -2.50. The van der Waals surface area contributed by atoms with E-state index in [1.54, 1.807) is 6.07 Å². The van der Waals surface area contributed by atoms with Gasteiger partial charge in [-0.3, -0.25) is 4.79 Å². The summed E-state index contributed by atoms with van der Waals surface area (Å²) in [5.41, 5.74) is 3.97. The van der Waals surface area contributed by atoms with Crippen molar-refractivity contribution in [1.29, 1.82) is 0 Å². The van der Waals surface area contributed by atoms with Crippen molar-refractivity contribution in [3.05, 3.63) is 58.1 Å². The summed E-state index contributed by atoms with van der Waals surface area (Å²) in [6.07, 6.45) is 7.72. The van der Waals surface area contributed by atoms with Gasteiger partial charge in [0.25, 0.3) is 5.91 Å². The van der Waals surface area contributed by atoms with Crippen LogP contribution < -0.4 is 14.4 Å². The van der Waals surface area contributed by atoms with Gasteiger partial charge in [0.1, 0.15) is 11.5 Å². The fourth-order valence-electron chi connectivity index (χ4n) is 8.01. The Balaban J connectivity index is 1.39. The average Bonchev–Trinajstić information content (AvgIpc) is 3.06. The lowest BCUT2D eigenvalue weighted by molar-refractivity contribution is -0.0295. The molecule has 222 valence electrons. The van der Waals surface area contributed by atoms with E-state index >= 15 is 0 Å². The normalized spacial score (nSPS) is 34.0. The number of benzene rings is 2. The zero-order chi connectivity index (χ0) is 28.7. The molecule has 0 radical (unpaired) electrons. The predicted molar refractivity (Wildman–Crippen MR) is 165 cm³/mol. The number of rotatable bonds is 1. The fourth-order valence-corrected chi connectivity index (χ4v) is 9.26. The molecule has 4 aliphatic rings. The number of nitrogens with zero attached hydrogens (tertiary/aromatic N) is 1. The van der Waals surface area contributed by atoms with Crippen molar-refractivity contribution < 1.29 is 18.8 Å². The topological polar surface area (TPSA) is 73.9 Å². The van der Waals surface area contributed by atoms with Crippen LogP contribution in [0.3, 0.4) is 0 Å². The Morgan fingerprint density at radius 2 is 2.00 bits per heavy atom. The van der Waals surface area contributed by atoms with Crippen LogP contribution in [0, 0.1) is 23.7 Å². The predicted octanol–water partition coefficient (Wildman–Crippen LogP) is 6.31. The highest BCUT2D eigenvalue weighted by molar-refractivity contribution is 7.90. The fraction of sp³-hybridized carbons (Fsp3) is 0.606. The van der Waals surface area contributed by atoms with Crippen LogP contribution in [-0.2, 0) is 27.9 Å². The minimum atomic E-state index is -1.44. The number of nitrogens with one attached hydrogen (secondary N) is 1. The van der Waals surface area contributed by atoms with Gasteiger partial charge in [-0.05, 0) is 104 Å². The van der Waals surface area contributed by atoms with Crippen LogP contribution in [0.2, 0.25) is 5.02 Å². The number of anilines is 1. The van der Waals surface area contributed by atoms with Gasteiger partial charge in [0.05, 0.1) is 29.8 Å². The monoisotopic (exact) mass is 598 g/mol. The Labute approximate surface area is 252 Å². The van der Waals surface area contributed by atoms with Crippen molar-refractivity contribution in [2.24, 2.45) is 23.7 Å². The van der Waals surface area contributed by atoms with Gasteiger partial charge in [-0.2, -0.15) is 4.72 Å². The Kier molecular flexibility index (Phi) is 8.52. The average molecular weight is 599 g/mol. The highest BCUT2D eigenvalue weighted by atomic mass is 35.5. The molecule has 0 aromatic heterocycles. The van der Waals surface area contributed by atoms with Gasteiger partial charge in [-0.25, -0.2) is 0 Å². The first-order valence-electron chi connectivity index (χ1n) is 15.3. The van der Waals surface area contributed by atoms with Crippen molar-refractivity contribution >= 4 is 34.6 Å². The molecule has 1 spiro atoms. The first-order chi connectivity index (χ1) is 19.7. The molecular formula is C33H43ClN2O4S. The maximum absolute atomic E-state index is 13.3. The molecule has 0 saturated heterocycles. The van der Waals surface area contributed by atoms with E-state index in [1.165, 1.54) is 24.0 Å². The number of carbonyl (C=O) groups is 1. The van der Waals surface area contributed by atoms with Crippen molar-refractivity contribution in [2.45, 2.75) is 70.3 Å². The van der Waals surface area contributed by atoms with E-state index in [-0.39, 0.29) is 23.3 Å². The highest BCUT2D eigenvalue weighted by Gasteiger charge is 2.45. The van der Waals surface area contributed by atoms with Crippen molar-refractivity contribution in [2.75, 3.05) is 37.5 Å². The molecule has 1 saturated carbocycles. The Hall–Kier alpha value is -1.93. The molecule has 8 heteroatoms. The lowest BCUT2D eigenvalue weighted by Gasteiger charge is -2.46. The van der Waals surface area contributed by atoms with Gasteiger partial charge < -0.3 is 18.9 Å². The van der Waals surface area contributed by atoms with E-state index in [4.69, 9.17) is 21.1 Å².